The second-order valence-electron chi connectivity index (χ2n) is 4.37. The Balaban J connectivity index is 1.80. The van der Waals surface area contributed by atoms with E-state index in [2.05, 4.69) is 20.3 Å². The zero-order valence-electron chi connectivity index (χ0n) is 9.80. The minimum atomic E-state index is 0.690. The lowest BCUT2D eigenvalue weighted by Gasteiger charge is -2.06. The first kappa shape index (κ1) is 10.4. The summed E-state index contributed by atoms with van der Waals surface area (Å²) in [4.78, 5) is 13.0. The molecule has 5 heteroatoms. The quantitative estimate of drug-likeness (QED) is 0.856. The molecule has 2 aromatic heterocycles. The van der Waals surface area contributed by atoms with Crippen molar-refractivity contribution in [3.63, 3.8) is 0 Å². The second-order valence-corrected chi connectivity index (χ2v) is 4.37. The first-order valence-corrected chi connectivity index (χ1v) is 5.87. The number of nitrogens with zero attached hydrogens (tertiary/aromatic N) is 4. The molecule has 0 unspecified atom stereocenters. The van der Waals surface area contributed by atoms with Gasteiger partial charge in [0.1, 0.15) is 5.82 Å². The molecule has 1 fully saturated rings. The fourth-order valence-electron chi connectivity index (χ4n) is 1.75. The van der Waals surface area contributed by atoms with Crippen molar-refractivity contribution in [2.75, 3.05) is 0 Å². The Hall–Kier alpha value is -1.75. The summed E-state index contributed by atoms with van der Waals surface area (Å²) in [6.07, 6.45) is 9.81. The lowest BCUT2D eigenvalue weighted by atomic mass is 10.4. The Morgan fingerprint density at radius 3 is 3.00 bits per heavy atom. The van der Waals surface area contributed by atoms with E-state index in [1.807, 2.05) is 23.9 Å². The van der Waals surface area contributed by atoms with Gasteiger partial charge in [-0.15, -0.1) is 0 Å². The minimum Gasteiger partial charge on any atom is -0.308 e. The van der Waals surface area contributed by atoms with E-state index in [0.717, 1.165) is 23.9 Å². The maximum Gasteiger partial charge on any atom is 0.156 e. The van der Waals surface area contributed by atoms with Crippen molar-refractivity contribution in [3.05, 3.63) is 36.3 Å². The lowest BCUT2D eigenvalue weighted by molar-refractivity contribution is 0.669. The van der Waals surface area contributed by atoms with Crippen LogP contribution in [-0.2, 0) is 6.54 Å². The smallest absolute Gasteiger partial charge is 0.156 e. The molecule has 0 atom stereocenters. The number of hydrogen-bond acceptors (Lipinski definition) is 4. The Morgan fingerprint density at radius 1 is 1.41 bits per heavy atom. The summed E-state index contributed by atoms with van der Waals surface area (Å²) in [5.41, 5.74) is 0.975. The van der Waals surface area contributed by atoms with Crippen LogP contribution in [0.1, 0.15) is 24.4 Å². The fourth-order valence-corrected chi connectivity index (χ4v) is 1.75. The van der Waals surface area contributed by atoms with Crippen LogP contribution >= 0.6 is 0 Å². The maximum atomic E-state index is 4.57. The van der Waals surface area contributed by atoms with Gasteiger partial charge in [0, 0.05) is 31.2 Å². The first-order chi connectivity index (χ1) is 8.33. The number of aromatic nitrogens is 4. The van der Waals surface area contributed by atoms with Crippen LogP contribution in [0.3, 0.4) is 0 Å². The Kier molecular flexibility index (Phi) is 2.60. The Morgan fingerprint density at radius 2 is 2.29 bits per heavy atom. The van der Waals surface area contributed by atoms with Crippen LogP contribution in [0.5, 0.6) is 0 Å². The molecule has 0 bridgehead atoms. The highest BCUT2D eigenvalue weighted by Crippen LogP contribution is 2.19. The number of hydrogen-bond donors (Lipinski definition) is 1. The average molecular weight is 229 g/mol. The summed E-state index contributed by atoms with van der Waals surface area (Å²) in [6, 6.07) is 0.690. The summed E-state index contributed by atoms with van der Waals surface area (Å²) in [6.45, 7) is 2.75. The number of aryl methyl sites for hydroxylation is 1. The third kappa shape index (κ3) is 2.34. The average Bonchev–Trinajstić information content (AvgIpc) is 3.08. The van der Waals surface area contributed by atoms with Gasteiger partial charge in [-0.3, -0.25) is 9.55 Å². The molecule has 0 aromatic carbocycles. The molecule has 0 amide bonds. The summed E-state index contributed by atoms with van der Waals surface area (Å²) in [5, 5.41) is 3.43. The summed E-state index contributed by atoms with van der Waals surface area (Å²) >= 11 is 0. The third-order valence-electron chi connectivity index (χ3n) is 2.89. The van der Waals surface area contributed by atoms with Gasteiger partial charge in [0.25, 0.3) is 0 Å². The van der Waals surface area contributed by atoms with Crippen LogP contribution in [0.25, 0.3) is 5.82 Å². The highest BCUT2D eigenvalue weighted by molar-refractivity contribution is 5.22. The summed E-state index contributed by atoms with van der Waals surface area (Å²) in [7, 11) is 0. The largest absolute Gasteiger partial charge is 0.308 e. The summed E-state index contributed by atoms with van der Waals surface area (Å²) < 4.78 is 1.94. The standard InChI is InChI=1S/C12H15N5/c1-9-14-4-5-17(9)12-8-13-6-11(16-12)7-15-10-2-3-10/h4-6,8,10,15H,2-3,7H2,1H3. The van der Waals surface area contributed by atoms with E-state index in [0.29, 0.717) is 6.04 Å². The molecule has 0 aliphatic heterocycles. The normalized spacial score (nSPS) is 15.1. The number of nitrogens with one attached hydrogen (secondary N) is 1. The molecule has 88 valence electrons. The van der Waals surface area contributed by atoms with Gasteiger partial charge in [0.2, 0.25) is 0 Å². The highest BCUT2D eigenvalue weighted by atomic mass is 15.1. The van der Waals surface area contributed by atoms with Gasteiger partial charge in [-0.25, -0.2) is 9.97 Å². The van der Waals surface area contributed by atoms with Gasteiger partial charge in [-0.1, -0.05) is 0 Å². The lowest BCUT2D eigenvalue weighted by Crippen LogP contribution is -2.17. The maximum absolute atomic E-state index is 4.57. The number of imidazole rings is 1. The van der Waals surface area contributed by atoms with Crippen molar-refractivity contribution in [3.8, 4) is 5.82 Å². The molecule has 5 nitrogen and oxygen atoms in total. The van der Waals surface area contributed by atoms with Crippen molar-refractivity contribution in [2.45, 2.75) is 32.4 Å². The van der Waals surface area contributed by atoms with E-state index in [9.17, 15) is 0 Å². The van der Waals surface area contributed by atoms with E-state index < -0.39 is 0 Å². The first-order valence-electron chi connectivity index (χ1n) is 5.87. The number of rotatable bonds is 4. The van der Waals surface area contributed by atoms with Crippen molar-refractivity contribution in [1.82, 2.24) is 24.8 Å². The zero-order chi connectivity index (χ0) is 11.7. The van der Waals surface area contributed by atoms with Gasteiger partial charge < -0.3 is 5.32 Å². The molecule has 17 heavy (non-hydrogen) atoms. The molecule has 1 saturated carbocycles. The van der Waals surface area contributed by atoms with E-state index in [-0.39, 0.29) is 0 Å². The van der Waals surface area contributed by atoms with Crippen LogP contribution in [0.4, 0.5) is 0 Å². The third-order valence-corrected chi connectivity index (χ3v) is 2.89. The van der Waals surface area contributed by atoms with Gasteiger partial charge in [-0.05, 0) is 19.8 Å². The molecule has 1 N–H and O–H groups in total. The molecule has 0 saturated heterocycles. The van der Waals surface area contributed by atoms with Gasteiger partial charge in [-0.2, -0.15) is 0 Å². The molecular weight excluding hydrogens is 214 g/mol. The van der Waals surface area contributed by atoms with Crippen LogP contribution in [0.15, 0.2) is 24.8 Å². The van der Waals surface area contributed by atoms with E-state index in [1.54, 1.807) is 12.4 Å². The van der Waals surface area contributed by atoms with Crippen LogP contribution in [0.2, 0.25) is 0 Å². The molecule has 1 aliphatic carbocycles. The van der Waals surface area contributed by atoms with Crippen LogP contribution in [0, 0.1) is 6.92 Å². The van der Waals surface area contributed by atoms with E-state index >= 15 is 0 Å². The molecule has 2 heterocycles. The molecular formula is C12H15N5. The van der Waals surface area contributed by atoms with E-state index in [4.69, 9.17) is 0 Å². The van der Waals surface area contributed by atoms with Crippen LogP contribution in [-0.4, -0.2) is 25.6 Å². The molecule has 2 aromatic rings. The van der Waals surface area contributed by atoms with Gasteiger partial charge in [0.15, 0.2) is 5.82 Å². The molecule has 1 aliphatic rings. The summed E-state index contributed by atoms with van der Waals surface area (Å²) in [5.74, 6) is 1.75. The van der Waals surface area contributed by atoms with Crippen molar-refractivity contribution < 1.29 is 0 Å². The molecule has 0 spiro atoms. The van der Waals surface area contributed by atoms with Crippen molar-refractivity contribution in [2.24, 2.45) is 0 Å². The molecule has 0 radical (unpaired) electrons. The monoisotopic (exact) mass is 229 g/mol. The van der Waals surface area contributed by atoms with Crippen LogP contribution < -0.4 is 5.32 Å². The Labute approximate surface area is 99.9 Å². The predicted molar refractivity (Wildman–Crippen MR) is 63.8 cm³/mol. The second kappa shape index (κ2) is 4.25. The van der Waals surface area contributed by atoms with Crippen molar-refractivity contribution >= 4 is 0 Å². The van der Waals surface area contributed by atoms with Gasteiger partial charge in [0.05, 0.1) is 11.9 Å². The SMILES string of the molecule is Cc1nccn1-c1cncc(CNC2CC2)n1. The topological polar surface area (TPSA) is 55.6 Å². The van der Waals surface area contributed by atoms with Crippen molar-refractivity contribution in [1.29, 1.82) is 0 Å². The molecule has 3 rings (SSSR count). The zero-order valence-corrected chi connectivity index (χ0v) is 9.80. The Bertz CT molecular complexity index is 515. The minimum absolute atomic E-state index is 0.690. The van der Waals surface area contributed by atoms with Gasteiger partial charge >= 0.3 is 0 Å². The predicted octanol–water partition coefficient (Wildman–Crippen LogP) is 1.22. The fraction of sp³-hybridized carbons (Fsp3) is 0.417. The highest BCUT2D eigenvalue weighted by Gasteiger charge is 2.20. The van der Waals surface area contributed by atoms with E-state index in [1.165, 1.54) is 12.8 Å².